The first-order valence-electron chi connectivity index (χ1n) is 5.61. The molecule has 0 aliphatic carbocycles. The maximum Gasteiger partial charge on any atom is 0.165 e. The minimum atomic E-state index is -0.358. The highest BCUT2D eigenvalue weighted by molar-refractivity contribution is 5.31. The standard InChI is InChI=1S/C12H15FN4O/c1-8(14-6-12-15-7-16-17-12)9-3-4-10(13)11(5-9)18-2/h3-5,7-8,14H,6H2,1-2H3,(H,15,16,17). The summed E-state index contributed by atoms with van der Waals surface area (Å²) in [7, 11) is 1.45. The number of aromatic amines is 1. The molecule has 0 amide bonds. The number of nitrogens with zero attached hydrogens (tertiary/aromatic N) is 2. The molecule has 18 heavy (non-hydrogen) atoms. The first-order valence-corrected chi connectivity index (χ1v) is 5.61. The van der Waals surface area contributed by atoms with Crippen LogP contribution in [0, 0.1) is 5.82 Å². The maximum atomic E-state index is 13.3. The first kappa shape index (κ1) is 12.5. The monoisotopic (exact) mass is 250 g/mol. The number of halogens is 1. The zero-order chi connectivity index (χ0) is 13.0. The summed E-state index contributed by atoms with van der Waals surface area (Å²) in [6.07, 6.45) is 1.46. The van der Waals surface area contributed by atoms with Gasteiger partial charge in [-0.1, -0.05) is 6.07 Å². The second-order valence-electron chi connectivity index (χ2n) is 3.93. The summed E-state index contributed by atoms with van der Waals surface area (Å²) in [5.74, 6) is 0.653. The molecule has 1 aromatic carbocycles. The number of ether oxygens (including phenoxy) is 1. The van der Waals surface area contributed by atoms with Gasteiger partial charge in [0.2, 0.25) is 0 Å². The van der Waals surface area contributed by atoms with Gasteiger partial charge in [-0.25, -0.2) is 9.37 Å². The summed E-state index contributed by atoms with van der Waals surface area (Å²) in [4.78, 5) is 4.02. The van der Waals surface area contributed by atoms with Crippen molar-refractivity contribution in [2.24, 2.45) is 0 Å². The number of hydrogen-bond donors (Lipinski definition) is 2. The van der Waals surface area contributed by atoms with Crippen molar-refractivity contribution in [2.45, 2.75) is 19.5 Å². The fraction of sp³-hybridized carbons (Fsp3) is 0.333. The second-order valence-corrected chi connectivity index (χ2v) is 3.93. The van der Waals surface area contributed by atoms with Gasteiger partial charge < -0.3 is 10.1 Å². The minimum absolute atomic E-state index is 0.0598. The molecule has 0 saturated carbocycles. The van der Waals surface area contributed by atoms with Crippen LogP contribution in [0.5, 0.6) is 5.75 Å². The number of hydrogen-bond acceptors (Lipinski definition) is 4. The molecule has 96 valence electrons. The Kier molecular flexibility index (Phi) is 3.88. The lowest BCUT2D eigenvalue weighted by atomic mass is 10.1. The Morgan fingerprint density at radius 2 is 2.33 bits per heavy atom. The maximum absolute atomic E-state index is 13.3. The van der Waals surface area contributed by atoms with Crippen molar-refractivity contribution in [3.8, 4) is 5.75 Å². The summed E-state index contributed by atoms with van der Waals surface area (Å²) in [5.41, 5.74) is 0.952. The topological polar surface area (TPSA) is 62.8 Å². The minimum Gasteiger partial charge on any atom is -0.494 e. The quantitative estimate of drug-likeness (QED) is 0.849. The van der Waals surface area contributed by atoms with Crippen LogP contribution in [0.3, 0.4) is 0 Å². The highest BCUT2D eigenvalue weighted by Crippen LogP contribution is 2.22. The molecule has 6 heteroatoms. The highest BCUT2D eigenvalue weighted by atomic mass is 19.1. The van der Waals surface area contributed by atoms with E-state index in [4.69, 9.17) is 4.74 Å². The van der Waals surface area contributed by atoms with E-state index in [2.05, 4.69) is 20.5 Å². The number of H-pyrrole nitrogens is 1. The molecule has 0 aliphatic rings. The molecule has 0 fully saturated rings. The van der Waals surface area contributed by atoms with Crippen LogP contribution in [-0.4, -0.2) is 22.3 Å². The third-order valence-corrected chi connectivity index (χ3v) is 2.72. The normalized spacial score (nSPS) is 12.4. The fourth-order valence-corrected chi connectivity index (χ4v) is 1.63. The molecular weight excluding hydrogens is 235 g/mol. The number of rotatable bonds is 5. The van der Waals surface area contributed by atoms with E-state index in [1.165, 1.54) is 19.5 Å². The van der Waals surface area contributed by atoms with Crippen molar-refractivity contribution in [3.05, 3.63) is 41.7 Å². The Hall–Kier alpha value is -1.95. The van der Waals surface area contributed by atoms with E-state index >= 15 is 0 Å². The van der Waals surface area contributed by atoms with E-state index in [1.807, 2.05) is 6.92 Å². The summed E-state index contributed by atoms with van der Waals surface area (Å²) in [6, 6.07) is 4.88. The van der Waals surface area contributed by atoms with E-state index in [-0.39, 0.29) is 17.6 Å². The van der Waals surface area contributed by atoms with Gasteiger partial charge >= 0.3 is 0 Å². The molecule has 2 N–H and O–H groups in total. The van der Waals surface area contributed by atoms with Gasteiger partial charge in [0.25, 0.3) is 0 Å². The van der Waals surface area contributed by atoms with Crippen molar-refractivity contribution in [1.29, 1.82) is 0 Å². The van der Waals surface area contributed by atoms with Gasteiger partial charge in [-0.15, -0.1) is 0 Å². The second kappa shape index (κ2) is 5.59. The summed E-state index contributed by atoms with van der Waals surface area (Å²) in [6.45, 7) is 2.56. The van der Waals surface area contributed by atoms with Crippen molar-refractivity contribution in [2.75, 3.05) is 7.11 Å². The number of aromatic nitrogens is 3. The zero-order valence-corrected chi connectivity index (χ0v) is 10.3. The molecule has 1 heterocycles. The molecule has 0 radical (unpaired) electrons. The SMILES string of the molecule is COc1cc(C(C)NCc2ncn[nH]2)ccc1F. The predicted molar refractivity (Wildman–Crippen MR) is 64.6 cm³/mol. The van der Waals surface area contributed by atoms with Gasteiger partial charge in [-0.3, -0.25) is 5.10 Å². The van der Waals surface area contributed by atoms with Gasteiger partial charge in [0.15, 0.2) is 11.6 Å². The number of nitrogens with one attached hydrogen (secondary N) is 2. The summed E-state index contributed by atoms with van der Waals surface area (Å²) < 4.78 is 18.2. The molecule has 1 unspecified atom stereocenters. The van der Waals surface area contributed by atoms with Gasteiger partial charge in [0.05, 0.1) is 13.7 Å². The molecule has 1 aromatic heterocycles. The molecule has 0 saturated heterocycles. The van der Waals surface area contributed by atoms with Gasteiger partial charge in [-0.2, -0.15) is 5.10 Å². The number of methoxy groups -OCH3 is 1. The van der Waals surface area contributed by atoms with Crippen LogP contribution >= 0.6 is 0 Å². The third kappa shape index (κ3) is 2.84. The van der Waals surface area contributed by atoms with Crippen LogP contribution in [0.1, 0.15) is 24.4 Å². The largest absolute Gasteiger partial charge is 0.494 e. The van der Waals surface area contributed by atoms with E-state index in [0.717, 1.165) is 11.4 Å². The molecule has 0 spiro atoms. The van der Waals surface area contributed by atoms with Crippen LogP contribution in [0.4, 0.5) is 4.39 Å². The first-order chi connectivity index (χ1) is 8.70. The number of benzene rings is 1. The molecule has 0 bridgehead atoms. The average molecular weight is 250 g/mol. The van der Waals surface area contributed by atoms with Gasteiger partial charge in [0.1, 0.15) is 12.2 Å². The Morgan fingerprint density at radius 1 is 1.50 bits per heavy atom. The Labute approximate surface area is 104 Å². The fourth-order valence-electron chi connectivity index (χ4n) is 1.63. The van der Waals surface area contributed by atoms with Crippen LogP contribution in [0.15, 0.2) is 24.5 Å². The van der Waals surface area contributed by atoms with Crippen LogP contribution in [-0.2, 0) is 6.54 Å². The molecule has 0 aliphatic heterocycles. The van der Waals surface area contributed by atoms with Crippen molar-refractivity contribution in [1.82, 2.24) is 20.5 Å². The lowest BCUT2D eigenvalue weighted by molar-refractivity contribution is 0.385. The van der Waals surface area contributed by atoms with E-state index < -0.39 is 0 Å². The average Bonchev–Trinajstić information content (AvgIpc) is 2.89. The van der Waals surface area contributed by atoms with Crippen molar-refractivity contribution < 1.29 is 9.13 Å². The summed E-state index contributed by atoms with van der Waals surface area (Å²) in [5, 5.41) is 9.79. The highest BCUT2D eigenvalue weighted by Gasteiger charge is 2.09. The van der Waals surface area contributed by atoms with Crippen LogP contribution in [0.2, 0.25) is 0 Å². The Morgan fingerprint density at radius 3 is 3.00 bits per heavy atom. The molecule has 5 nitrogen and oxygen atoms in total. The van der Waals surface area contributed by atoms with Crippen molar-refractivity contribution >= 4 is 0 Å². The van der Waals surface area contributed by atoms with Crippen LogP contribution in [0.25, 0.3) is 0 Å². The van der Waals surface area contributed by atoms with E-state index in [9.17, 15) is 4.39 Å². The molecule has 2 rings (SSSR count). The summed E-state index contributed by atoms with van der Waals surface area (Å²) >= 11 is 0. The lowest BCUT2D eigenvalue weighted by Crippen LogP contribution is -2.19. The zero-order valence-electron chi connectivity index (χ0n) is 10.3. The molecule has 1 atom stereocenters. The Bertz CT molecular complexity index is 501. The predicted octanol–water partition coefficient (Wildman–Crippen LogP) is 1.80. The molecule has 2 aromatic rings. The third-order valence-electron chi connectivity index (χ3n) is 2.72. The van der Waals surface area contributed by atoms with Gasteiger partial charge in [-0.05, 0) is 24.6 Å². The van der Waals surface area contributed by atoms with Crippen molar-refractivity contribution in [3.63, 3.8) is 0 Å². The van der Waals surface area contributed by atoms with Gasteiger partial charge in [0, 0.05) is 6.04 Å². The van der Waals surface area contributed by atoms with E-state index in [0.29, 0.717) is 6.54 Å². The van der Waals surface area contributed by atoms with E-state index in [1.54, 1.807) is 12.1 Å². The molecular formula is C12H15FN4O. The van der Waals surface area contributed by atoms with Crippen LogP contribution < -0.4 is 10.1 Å². The Balaban J connectivity index is 2.02. The lowest BCUT2D eigenvalue weighted by Gasteiger charge is -2.14. The smallest absolute Gasteiger partial charge is 0.165 e.